The second-order valence-electron chi connectivity index (χ2n) is 21.0. The van der Waals surface area contributed by atoms with E-state index in [2.05, 4.69) is 93.2 Å². The maximum atomic E-state index is 14.4. The third-order valence-electron chi connectivity index (χ3n) is 17.3. The molecule has 8 atom stereocenters. The Kier molecular flexibility index (Phi) is 12.0. The monoisotopic (exact) mass is 992 g/mol. The lowest BCUT2D eigenvalue weighted by molar-refractivity contribution is -0.135. The summed E-state index contributed by atoms with van der Waals surface area (Å²) in [6, 6.07) is 73.1. The number of rotatable bonds is 8. The Labute approximate surface area is 443 Å². The zero-order valence-corrected chi connectivity index (χ0v) is 41.9. The molecule has 6 heterocycles. The minimum atomic E-state index is -1.09. The predicted octanol–water partition coefficient (Wildman–Crippen LogP) is 11.9. The summed E-state index contributed by atoms with van der Waals surface area (Å²) in [6.45, 7) is 1.25. The van der Waals surface area contributed by atoms with E-state index in [1.54, 1.807) is 12.2 Å². The van der Waals surface area contributed by atoms with Gasteiger partial charge in [-0.1, -0.05) is 218 Å². The zero-order chi connectivity index (χ0) is 51.4. The van der Waals surface area contributed by atoms with E-state index in [1.807, 2.05) is 158 Å². The second kappa shape index (κ2) is 19.3. The van der Waals surface area contributed by atoms with Crippen LogP contribution in [0.4, 0.5) is 11.4 Å². The summed E-state index contributed by atoms with van der Waals surface area (Å²) in [5.41, 5.74) is 10.4. The molecule has 2 amide bonds. The Morgan fingerprint density at radius 1 is 0.408 bits per heavy atom. The number of nitrogens with zero attached hydrogens (tertiary/aromatic N) is 2. The lowest BCUT2D eigenvalue weighted by atomic mass is 9.70. The Balaban J connectivity index is 0.000000146. The largest absolute Gasteiger partial charge is 0.324 e. The van der Waals surface area contributed by atoms with E-state index in [4.69, 9.17) is 0 Å². The Hall–Kier alpha value is -8.56. The summed E-state index contributed by atoms with van der Waals surface area (Å²) in [5.74, 6) is -1.69. The molecule has 8 heteroatoms. The van der Waals surface area contributed by atoms with Crippen molar-refractivity contribution in [2.75, 3.05) is 10.6 Å². The lowest BCUT2D eigenvalue weighted by Gasteiger charge is -2.41. The number of carbonyl (C=O) groups is 4. The van der Waals surface area contributed by atoms with E-state index in [1.165, 1.54) is 22.3 Å². The zero-order valence-electron chi connectivity index (χ0n) is 41.9. The number of fused-ring (bicyclic) bond motifs is 10. The minimum absolute atomic E-state index is 0.00304. The number of benzene rings is 8. The fourth-order valence-corrected chi connectivity index (χ4v) is 14.2. The molecular formula is C68H56N4O4. The maximum absolute atomic E-state index is 14.4. The average Bonchev–Trinajstić information content (AvgIpc) is 4.35. The van der Waals surface area contributed by atoms with Crippen LogP contribution in [-0.2, 0) is 56.2 Å². The molecule has 2 spiro atoms. The van der Waals surface area contributed by atoms with Crippen LogP contribution in [0.1, 0.15) is 67.5 Å². The van der Waals surface area contributed by atoms with Crippen molar-refractivity contribution >= 4 is 46.9 Å². The number of amides is 2. The summed E-state index contributed by atoms with van der Waals surface area (Å²) in [7, 11) is 0. The van der Waals surface area contributed by atoms with Gasteiger partial charge in [-0.25, -0.2) is 0 Å². The molecule has 6 aliphatic rings. The molecule has 0 saturated carbocycles. The number of hydrogen-bond donors (Lipinski definition) is 2. The summed E-state index contributed by atoms with van der Waals surface area (Å²) >= 11 is 0. The van der Waals surface area contributed by atoms with Crippen molar-refractivity contribution in [2.24, 2.45) is 11.8 Å². The number of nitrogens with one attached hydrogen (secondary N) is 2. The normalized spacial score (nSPS) is 25.7. The van der Waals surface area contributed by atoms with Crippen LogP contribution in [0.15, 0.2) is 231 Å². The molecule has 0 aliphatic carbocycles. The third-order valence-corrected chi connectivity index (χ3v) is 17.3. The van der Waals surface area contributed by atoms with Crippen LogP contribution < -0.4 is 10.6 Å². The first kappa shape index (κ1) is 47.2. The van der Waals surface area contributed by atoms with Crippen molar-refractivity contribution in [3.8, 4) is 0 Å². The molecule has 14 rings (SSSR count). The number of ketones is 2. The van der Waals surface area contributed by atoms with Crippen molar-refractivity contribution in [3.63, 3.8) is 0 Å². The molecule has 372 valence electrons. The van der Waals surface area contributed by atoms with Crippen LogP contribution in [0.5, 0.6) is 0 Å². The number of carbonyl (C=O) groups excluding carboxylic acids is 4. The molecule has 2 saturated heterocycles. The molecular weight excluding hydrogens is 937 g/mol. The van der Waals surface area contributed by atoms with E-state index in [-0.39, 0.29) is 47.3 Å². The molecule has 0 radical (unpaired) electrons. The van der Waals surface area contributed by atoms with Gasteiger partial charge < -0.3 is 10.6 Å². The Morgan fingerprint density at radius 2 is 0.737 bits per heavy atom. The first-order chi connectivity index (χ1) is 37.3. The van der Waals surface area contributed by atoms with E-state index in [0.29, 0.717) is 13.1 Å². The average molecular weight is 993 g/mol. The highest BCUT2D eigenvalue weighted by Gasteiger charge is 2.70. The molecule has 2 N–H and O–H groups in total. The highest BCUT2D eigenvalue weighted by atomic mass is 16.2. The van der Waals surface area contributed by atoms with Crippen LogP contribution in [-0.4, -0.2) is 45.3 Å². The molecule has 8 aromatic rings. The lowest BCUT2D eigenvalue weighted by Crippen LogP contribution is -2.54. The van der Waals surface area contributed by atoms with Gasteiger partial charge in [-0.05, 0) is 81.6 Å². The fourth-order valence-electron chi connectivity index (χ4n) is 14.2. The molecule has 6 aliphatic heterocycles. The quantitative estimate of drug-likeness (QED) is 0.147. The van der Waals surface area contributed by atoms with Crippen molar-refractivity contribution in [3.05, 3.63) is 286 Å². The molecule has 0 bridgehead atoms. The smallest absolute Gasteiger partial charge is 0.250 e. The number of anilines is 2. The van der Waals surface area contributed by atoms with Crippen LogP contribution in [0.25, 0.3) is 12.2 Å². The van der Waals surface area contributed by atoms with Crippen molar-refractivity contribution in [2.45, 2.75) is 60.9 Å². The summed E-state index contributed by atoms with van der Waals surface area (Å²) in [6.07, 6.45) is 8.72. The molecule has 2 fully saturated rings. The van der Waals surface area contributed by atoms with E-state index in [9.17, 15) is 19.2 Å². The third kappa shape index (κ3) is 7.57. The summed E-state index contributed by atoms with van der Waals surface area (Å²) in [5, 5.41) is 6.32. The summed E-state index contributed by atoms with van der Waals surface area (Å²) in [4.78, 5) is 62.1. The first-order valence-electron chi connectivity index (χ1n) is 26.5. The summed E-state index contributed by atoms with van der Waals surface area (Å²) < 4.78 is 0. The van der Waals surface area contributed by atoms with Gasteiger partial charge in [-0.2, -0.15) is 0 Å². The maximum Gasteiger partial charge on any atom is 0.250 e. The van der Waals surface area contributed by atoms with E-state index >= 15 is 0 Å². The number of para-hydroxylation sites is 2. The standard InChI is InChI=1S/2C34H28N2O2/c2*37-30(20-19-23-11-3-1-4-12-23)32-31(24-13-5-2-6-14-24)29-21-25-15-7-8-16-26(25)22-36(29)34(32)27-17-9-10-18-28(27)35-33(34)38/h2*1-20,29,31-32H,21-22H2,(H,35,38)/b2*20-19+/t2*29-,31-,32+,34+/m10/s1. The SMILES string of the molecule is O=C(/C=C/c1ccccc1)[C@@H]1[C@@H](c2ccccc2)[C@@H]2Cc3ccccc3CN2[C@@]12C(=O)Nc1ccccc12.O=C(/C=C/c1ccccc1)[C@H]1[C@H](c2ccccc2)[C@H]2Cc3ccccc3CN2[C@]12C(=O)Nc1ccccc12. The highest BCUT2D eigenvalue weighted by molar-refractivity contribution is 6.13. The molecule has 0 aromatic heterocycles. The Bertz CT molecular complexity index is 3360. The van der Waals surface area contributed by atoms with Crippen LogP contribution in [0.2, 0.25) is 0 Å². The first-order valence-corrected chi connectivity index (χ1v) is 26.5. The van der Waals surface area contributed by atoms with Crippen molar-refractivity contribution < 1.29 is 19.2 Å². The number of hydrogen-bond acceptors (Lipinski definition) is 6. The van der Waals surface area contributed by atoms with Crippen LogP contribution in [0.3, 0.4) is 0 Å². The predicted molar refractivity (Wildman–Crippen MR) is 299 cm³/mol. The van der Waals surface area contributed by atoms with Crippen molar-refractivity contribution in [1.82, 2.24) is 9.80 Å². The molecule has 76 heavy (non-hydrogen) atoms. The molecule has 0 unspecified atom stereocenters. The molecule has 8 nitrogen and oxygen atoms in total. The molecule has 8 aromatic carbocycles. The van der Waals surface area contributed by atoms with Gasteiger partial charge >= 0.3 is 0 Å². The van der Waals surface area contributed by atoms with Gasteiger partial charge in [0, 0.05) is 59.5 Å². The topological polar surface area (TPSA) is 98.8 Å². The van der Waals surface area contributed by atoms with Gasteiger partial charge in [0.2, 0.25) is 11.8 Å². The second-order valence-corrected chi connectivity index (χ2v) is 21.0. The van der Waals surface area contributed by atoms with Gasteiger partial charge in [0.1, 0.15) is 11.1 Å². The fraction of sp³-hybridized carbons (Fsp3) is 0.176. The van der Waals surface area contributed by atoms with Crippen molar-refractivity contribution in [1.29, 1.82) is 0 Å². The van der Waals surface area contributed by atoms with E-state index in [0.717, 1.165) is 57.6 Å². The van der Waals surface area contributed by atoms with Gasteiger partial charge in [0.25, 0.3) is 0 Å². The van der Waals surface area contributed by atoms with Crippen LogP contribution >= 0.6 is 0 Å². The van der Waals surface area contributed by atoms with Gasteiger partial charge in [0.15, 0.2) is 11.6 Å². The van der Waals surface area contributed by atoms with E-state index < -0.39 is 22.9 Å². The van der Waals surface area contributed by atoms with Gasteiger partial charge in [0.05, 0.1) is 11.8 Å². The van der Waals surface area contributed by atoms with Gasteiger partial charge in [-0.3, -0.25) is 29.0 Å². The van der Waals surface area contributed by atoms with Gasteiger partial charge in [-0.15, -0.1) is 0 Å². The highest BCUT2D eigenvalue weighted by Crippen LogP contribution is 2.62. The number of allylic oxidation sites excluding steroid dienone is 2. The van der Waals surface area contributed by atoms with Crippen LogP contribution in [0, 0.1) is 11.8 Å². The Morgan fingerprint density at radius 3 is 1.13 bits per heavy atom. The minimum Gasteiger partial charge on any atom is -0.324 e.